The summed E-state index contributed by atoms with van der Waals surface area (Å²) in [5, 5.41) is 20.0. The SMILES string of the molecule is C[C@@H]1CN(CC(O)CN2CCc3ccccc3C2)C(=O)c2ccc(OC3CCN(CCO)CC3)cc2O1. The summed E-state index contributed by atoms with van der Waals surface area (Å²) in [5.74, 6) is 1.13. The molecule has 1 unspecified atom stereocenters. The van der Waals surface area contributed by atoms with Crippen LogP contribution in [0.5, 0.6) is 11.5 Å². The standard InChI is InChI=1S/C29H39N3O5/c1-21-17-32(20-24(34)19-31-11-8-22-4-2-3-5-23(22)18-31)29(35)27-7-6-26(16-28(27)36-21)37-25-9-12-30(13-10-25)14-15-33/h2-7,16,21,24-25,33-34H,8-15,17-20H2,1H3/t21-,24?/m1/s1. The van der Waals surface area contributed by atoms with Crippen LogP contribution in [-0.2, 0) is 13.0 Å². The highest BCUT2D eigenvalue weighted by atomic mass is 16.5. The molecule has 3 aliphatic rings. The molecule has 0 aromatic heterocycles. The van der Waals surface area contributed by atoms with E-state index in [4.69, 9.17) is 14.6 Å². The van der Waals surface area contributed by atoms with Crippen molar-refractivity contribution in [2.45, 2.75) is 51.0 Å². The summed E-state index contributed by atoms with van der Waals surface area (Å²) in [4.78, 5) is 19.7. The molecule has 2 atom stereocenters. The van der Waals surface area contributed by atoms with Gasteiger partial charge in [0.15, 0.2) is 0 Å². The third-order valence-corrected chi connectivity index (χ3v) is 7.64. The maximum Gasteiger partial charge on any atom is 0.257 e. The first-order chi connectivity index (χ1) is 18.0. The highest BCUT2D eigenvalue weighted by Crippen LogP contribution is 2.31. The van der Waals surface area contributed by atoms with Crippen molar-refractivity contribution in [1.29, 1.82) is 0 Å². The molecule has 3 aliphatic heterocycles. The maximum absolute atomic E-state index is 13.4. The highest BCUT2D eigenvalue weighted by molar-refractivity contribution is 5.97. The Bertz CT molecular complexity index is 1070. The molecule has 200 valence electrons. The lowest BCUT2D eigenvalue weighted by molar-refractivity contribution is 0.0454. The highest BCUT2D eigenvalue weighted by Gasteiger charge is 2.30. The molecule has 1 amide bonds. The van der Waals surface area contributed by atoms with Gasteiger partial charge in [0.2, 0.25) is 0 Å². The normalized spacial score (nSPS) is 22.1. The molecule has 1 saturated heterocycles. The van der Waals surface area contributed by atoms with E-state index in [1.165, 1.54) is 11.1 Å². The third kappa shape index (κ3) is 6.44. The average molecular weight is 510 g/mol. The number of rotatable bonds is 8. The molecule has 5 rings (SSSR count). The van der Waals surface area contributed by atoms with Crippen molar-refractivity contribution in [3.8, 4) is 11.5 Å². The van der Waals surface area contributed by atoms with E-state index in [0.717, 1.165) is 45.4 Å². The van der Waals surface area contributed by atoms with Gasteiger partial charge in [-0.25, -0.2) is 0 Å². The van der Waals surface area contributed by atoms with Gasteiger partial charge in [-0.2, -0.15) is 0 Å². The van der Waals surface area contributed by atoms with Crippen LogP contribution >= 0.6 is 0 Å². The molecule has 0 radical (unpaired) electrons. The molecule has 0 bridgehead atoms. The van der Waals surface area contributed by atoms with Gasteiger partial charge in [-0.05, 0) is 49.4 Å². The first-order valence-electron chi connectivity index (χ1n) is 13.6. The number of fused-ring (bicyclic) bond motifs is 2. The molecule has 1 fully saturated rings. The molecule has 37 heavy (non-hydrogen) atoms. The zero-order valence-electron chi connectivity index (χ0n) is 21.7. The van der Waals surface area contributed by atoms with E-state index in [2.05, 4.69) is 34.1 Å². The molecule has 2 aromatic carbocycles. The first-order valence-corrected chi connectivity index (χ1v) is 13.6. The van der Waals surface area contributed by atoms with Crippen LogP contribution in [-0.4, -0.2) is 102 Å². The lowest BCUT2D eigenvalue weighted by Gasteiger charge is -2.32. The van der Waals surface area contributed by atoms with Crippen LogP contribution in [0.1, 0.15) is 41.3 Å². The number of piperidine rings is 1. The summed E-state index contributed by atoms with van der Waals surface area (Å²) in [6.45, 7) is 7.62. The number of carbonyl (C=O) groups is 1. The van der Waals surface area contributed by atoms with Crippen molar-refractivity contribution in [3.63, 3.8) is 0 Å². The second-order valence-corrected chi connectivity index (χ2v) is 10.6. The number of nitrogens with zero attached hydrogens (tertiary/aromatic N) is 3. The van der Waals surface area contributed by atoms with Crippen LogP contribution in [0.4, 0.5) is 0 Å². The first kappa shape index (κ1) is 26.0. The number of ether oxygens (including phenoxy) is 2. The van der Waals surface area contributed by atoms with Gasteiger partial charge in [-0.3, -0.25) is 9.69 Å². The number of aliphatic hydroxyl groups excluding tert-OH is 2. The zero-order valence-corrected chi connectivity index (χ0v) is 21.7. The van der Waals surface area contributed by atoms with Crippen LogP contribution < -0.4 is 9.47 Å². The minimum absolute atomic E-state index is 0.111. The number of β-amino-alcohol motifs (C(OH)–C–C–N with tert-alkyl or cyclic N) is 2. The van der Waals surface area contributed by atoms with E-state index in [0.29, 0.717) is 36.7 Å². The Balaban J connectivity index is 1.19. The Morgan fingerprint density at radius 1 is 1.05 bits per heavy atom. The van der Waals surface area contributed by atoms with Crippen LogP contribution in [0.15, 0.2) is 42.5 Å². The quantitative estimate of drug-likeness (QED) is 0.564. The van der Waals surface area contributed by atoms with E-state index in [9.17, 15) is 9.90 Å². The van der Waals surface area contributed by atoms with Crippen molar-refractivity contribution in [2.24, 2.45) is 0 Å². The van der Waals surface area contributed by atoms with E-state index < -0.39 is 6.10 Å². The monoisotopic (exact) mass is 509 g/mol. The fourth-order valence-corrected chi connectivity index (χ4v) is 5.73. The average Bonchev–Trinajstić information content (AvgIpc) is 3.00. The van der Waals surface area contributed by atoms with E-state index in [1.807, 2.05) is 19.1 Å². The van der Waals surface area contributed by atoms with Crippen molar-refractivity contribution in [2.75, 3.05) is 52.4 Å². The van der Waals surface area contributed by atoms with Crippen LogP contribution in [0.25, 0.3) is 0 Å². The molecule has 0 saturated carbocycles. The minimum Gasteiger partial charge on any atom is -0.490 e. The van der Waals surface area contributed by atoms with Crippen molar-refractivity contribution in [3.05, 3.63) is 59.2 Å². The van der Waals surface area contributed by atoms with Gasteiger partial charge in [0.05, 0.1) is 24.8 Å². The summed E-state index contributed by atoms with van der Waals surface area (Å²) in [7, 11) is 0. The number of carbonyl (C=O) groups excluding carboxylic acids is 1. The predicted octanol–water partition coefficient (Wildman–Crippen LogP) is 2.16. The lowest BCUT2D eigenvalue weighted by atomic mass is 10.00. The Morgan fingerprint density at radius 3 is 2.62 bits per heavy atom. The zero-order chi connectivity index (χ0) is 25.8. The predicted molar refractivity (Wildman–Crippen MR) is 141 cm³/mol. The Labute approximate surface area is 219 Å². The summed E-state index contributed by atoms with van der Waals surface area (Å²) >= 11 is 0. The number of likely N-dealkylation sites (tertiary alicyclic amines) is 1. The van der Waals surface area contributed by atoms with E-state index >= 15 is 0 Å². The van der Waals surface area contributed by atoms with Crippen molar-refractivity contribution >= 4 is 5.91 Å². The second kappa shape index (κ2) is 11.8. The fraction of sp³-hybridized carbons (Fsp3) is 0.552. The largest absolute Gasteiger partial charge is 0.490 e. The molecule has 0 aliphatic carbocycles. The molecule has 2 aromatic rings. The van der Waals surface area contributed by atoms with E-state index in [-0.39, 0.29) is 31.3 Å². The van der Waals surface area contributed by atoms with Crippen molar-refractivity contribution in [1.82, 2.24) is 14.7 Å². The third-order valence-electron chi connectivity index (χ3n) is 7.64. The topological polar surface area (TPSA) is 85.7 Å². The second-order valence-electron chi connectivity index (χ2n) is 10.6. The number of hydrogen-bond donors (Lipinski definition) is 2. The van der Waals surface area contributed by atoms with Gasteiger partial charge >= 0.3 is 0 Å². The molecule has 2 N–H and O–H groups in total. The lowest BCUT2D eigenvalue weighted by Crippen LogP contribution is -2.45. The molecule has 0 spiro atoms. The van der Waals surface area contributed by atoms with Crippen LogP contribution in [0.3, 0.4) is 0 Å². The molecular formula is C29H39N3O5. The van der Waals surface area contributed by atoms with Gasteiger partial charge in [0.25, 0.3) is 5.91 Å². The van der Waals surface area contributed by atoms with Crippen LogP contribution in [0, 0.1) is 0 Å². The Kier molecular flexibility index (Phi) is 8.30. The van der Waals surface area contributed by atoms with Gasteiger partial charge in [0, 0.05) is 51.9 Å². The van der Waals surface area contributed by atoms with Gasteiger partial charge in [0.1, 0.15) is 23.7 Å². The molecule has 3 heterocycles. The van der Waals surface area contributed by atoms with Crippen LogP contribution in [0.2, 0.25) is 0 Å². The van der Waals surface area contributed by atoms with E-state index in [1.54, 1.807) is 11.0 Å². The summed E-state index contributed by atoms with van der Waals surface area (Å²) in [6, 6.07) is 13.9. The number of amides is 1. The Morgan fingerprint density at radius 2 is 1.84 bits per heavy atom. The summed E-state index contributed by atoms with van der Waals surface area (Å²) in [5.41, 5.74) is 3.21. The number of benzene rings is 2. The molecular weight excluding hydrogens is 470 g/mol. The van der Waals surface area contributed by atoms with Crippen molar-refractivity contribution < 1.29 is 24.5 Å². The maximum atomic E-state index is 13.4. The molecule has 8 heteroatoms. The molecule has 8 nitrogen and oxygen atoms in total. The fourth-order valence-electron chi connectivity index (χ4n) is 5.73. The Hall–Kier alpha value is -2.65. The number of aliphatic hydroxyl groups is 2. The summed E-state index contributed by atoms with van der Waals surface area (Å²) in [6.07, 6.45) is 2.07. The minimum atomic E-state index is -0.637. The van der Waals surface area contributed by atoms with Gasteiger partial charge in [-0.1, -0.05) is 24.3 Å². The summed E-state index contributed by atoms with van der Waals surface area (Å²) < 4.78 is 12.4. The number of hydrogen-bond acceptors (Lipinski definition) is 7. The smallest absolute Gasteiger partial charge is 0.257 e. The van der Waals surface area contributed by atoms with Gasteiger partial charge < -0.3 is 29.5 Å². The van der Waals surface area contributed by atoms with Gasteiger partial charge in [-0.15, -0.1) is 0 Å².